The normalized spacial score (nSPS) is 11.6. The van der Waals surface area contributed by atoms with Gasteiger partial charge in [-0.2, -0.15) is 0 Å². The Hall–Kier alpha value is -2.76. The van der Waals surface area contributed by atoms with Gasteiger partial charge in [-0.1, -0.05) is 13.0 Å². The van der Waals surface area contributed by atoms with Gasteiger partial charge >= 0.3 is 5.97 Å². The van der Waals surface area contributed by atoms with Gasteiger partial charge < -0.3 is 20.5 Å². The second-order valence-electron chi connectivity index (χ2n) is 5.80. The first-order valence-electron chi connectivity index (χ1n) is 8.39. The summed E-state index contributed by atoms with van der Waals surface area (Å²) in [6, 6.07) is 10.7. The van der Waals surface area contributed by atoms with Crippen molar-refractivity contribution in [2.24, 2.45) is 5.92 Å². The summed E-state index contributed by atoms with van der Waals surface area (Å²) in [5.74, 6) is 1.53. The van der Waals surface area contributed by atoms with E-state index in [0.29, 0.717) is 29.5 Å². The van der Waals surface area contributed by atoms with Crippen LogP contribution in [0.15, 0.2) is 42.6 Å². The van der Waals surface area contributed by atoms with Gasteiger partial charge in [-0.15, -0.1) is 0 Å². The molecule has 0 bridgehead atoms. The summed E-state index contributed by atoms with van der Waals surface area (Å²) in [6.45, 7) is 3.54. The van der Waals surface area contributed by atoms with Crippen molar-refractivity contribution in [3.8, 4) is 5.75 Å². The van der Waals surface area contributed by atoms with Gasteiger partial charge in [-0.25, -0.2) is 9.78 Å². The fourth-order valence-corrected chi connectivity index (χ4v) is 2.36. The molecule has 134 valence electrons. The zero-order valence-electron chi connectivity index (χ0n) is 14.7. The quantitative estimate of drug-likeness (QED) is 0.679. The Balaban J connectivity index is 1.79. The smallest absolute Gasteiger partial charge is 0.337 e. The molecule has 0 spiro atoms. The van der Waals surface area contributed by atoms with E-state index in [2.05, 4.69) is 17.2 Å². The molecule has 25 heavy (non-hydrogen) atoms. The van der Waals surface area contributed by atoms with Crippen LogP contribution in [0.5, 0.6) is 5.75 Å². The van der Waals surface area contributed by atoms with Crippen LogP contribution in [0.3, 0.4) is 0 Å². The van der Waals surface area contributed by atoms with Crippen LogP contribution in [0.1, 0.15) is 30.1 Å². The van der Waals surface area contributed by atoms with Gasteiger partial charge in [0, 0.05) is 6.54 Å². The number of anilines is 2. The fourth-order valence-electron chi connectivity index (χ4n) is 2.36. The molecule has 0 fully saturated rings. The van der Waals surface area contributed by atoms with Gasteiger partial charge in [0.1, 0.15) is 11.6 Å². The molecule has 0 aliphatic rings. The van der Waals surface area contributed by atoms with Crippen molar-refractivity contribution in [1.82, 2.24) is 4.98 Å². The van der Waals surface area contributed by atoms with E-state index in [0.717, 1.165) is 25.2 Å². The summed E-state index contributed by atoms with van der Waals surface area (Å²) in [4.78, 5) is 15.8. The first-order valence-corrected chi connectivity index (χ1v) is 8.39. The molecule has 0 amide bonds. The number of ether oxygens (including phenoxy) is 2. The average Bonchev–Trinajstić information content (AvgIpc) is 2.65. The van der Waals surface area contributed by atoms with Crippen LogP contribution in [0.2, 0.25) is 0 Å². The number of carbonyl (C=O) groups excluding carboxylic acids is 1. The summed E-state index contributed by atoms with van der Waals surface area (Å²) in [5, 5.41) is 3.28. The SMILES string of the molecule is CCC(CCNc1ccc(N)cn1)COc1cccc(C(=O)OC)c1. The van der Waals surface area contributed by atoms with E-state index in [9.17, 15) is 4.79 Å². The second kappa shape index (κ2) is 9.52. The largest absolute Gasteiger partial charge is 0.493 e. The van der Waals surface area contributed by atoms with Gasteiger partial charge in [0.2, 0.25) is 0 Å². The fraction of sp³-hybridized carbons (Fsp3) is 0.368. The number of aromatic nitrogens is 1. The van der Waals surface area contributed by atoms with E-state index >= 15 is 0 Å². The number of hydrogen-bond donors (Lipinski definition) is 2. The summed E-state index contributed by atoms with van der Waals surface area (Å²) in [5.41, 5.74) is 6.76. The van der Waals surface area contributed by atoms with Crippen LogP contribution < -0.4 is 15.8 Å². The number of carbonyl (C=O) groups is 1. The Labute approximate surface area is 148 Å². The third-order valence-corrected chi connectivity index (χ3v) is 3.96. The maximum absolute atomic E-state index is 11.6. The maximum atomic E-state index is 11.6. The lowest BCUT2D eigenvalue weighted by molar-refractivity contribution is 0.0600. The molecule has 2 aromatic rings. The van der Waals surface area contributed by atoms with Crippen molar-refractivity contribution in [1.29, 1.82) is 0 Å². The highest BCUT2D eigenvalue weighted by atomic mass is 16.5. The summed E-state index contributed by atoms with van der Waals surface area (Å²) >= 11 is 0. The number of nitrogens with two attached hydrogens (primary N) is 1. The molecule has 1 heterocycles. The Kier molecular flexibility index (Phi) is 7.07. The van der Waals surface area contributed by atoms with Crippen LogP contribution in [0, 0.1) is 5.92 Å². The lowest BCUT2D eigenvalue weighted by Crippen LogP contribution is -2.16. The van der Waals surface area contributed by atoms with Gasteiger partial charge in [-0.3, -0.25) is 0 Å². The van der Waals surface area contributed by atoms with Crippen LogP contribution >= 0.6 is 0 Å². The molecule has 0 aliphatic heterocycles. The third-order valence-electron chi connectivity index (χ3n) is 3.96. The van der Waals surface area contributed by atoms with E-state index in [1.54, 1.807) is 24.4 Å². The second-order valence-corrected chi connectivity index (χ2v) is 5.80. The summed E-state index contributed by atoms with van der Waals surface area (Å²) in [7, 11) is 1.37. The Morgan fingerprint density at radius 1 is 1.32 bits per heavy atom. The molecule has 0 aliphatic carbocycles. The lowest BCUT2D eigenvalue weighted by atomic mass is 10.0. The van der Waals surface area contributed by atoms with Crippen LogP contribution in [-0.4, -0.2) is 31.2 Å². The van der Waals surface area contributed by atoms with Crippen molar-refractivity contribution < 1.29 is 14.3 Å². The number of nitrogens with zero attached hydrogens (tertiary/aromatic N) is 1. The number of nitrogen functional groups attached to an aromatic ring is 1. The highest BCUT2D eigenvalue weighted by Gasteiger charge is 2.10. The van der Waals surface area contributed by atoms with Crippen molar-refractivity contribution in [3.05, 3.63) is 48.2 Å². The number of benzene rings is 1. The number of pyridine rings is 1. The minimum atomic E-state index is -0.363. The highest BCUT2D eigenvalue weighted by molar-refractivity contribution is 5.89. The first-order chi connectivity index (χ1) is 12.1. The van der Waals surface area contributed by atoms with E-state index in [1.807, 2.05) is 18.2 Å². The van der Waals surface area contributed by atoms with Gasteiger partial charge in [-0.05, 0) is 49.1 Å². The standard InChI is InChI=1S/C19H25N3O3/c1-3-14(9-10-21-18-8-7-16(20)12-22-18)13-25-17-6-4-5-15(11-17)19(23)24-2/h4-8,11-12,14H,3,9-10,13,20H2,1-2H3,(H,21,22). The number of nitrogens with one attached hydrogen (secondary N) is 1. The number of hydrogen-bond acceptors (Lipinski definition) is 6. The molecule has 1 atom stereocenters. The van der Waals surface area contributed by atoms with Crippen LogP contribution in [0.25, 0.3) is 0 Å². The predicted molar refractivity (Wildman–Crippen MR) is 98.8 cm³/mol. The lowest BCUT2D eigenvalue weighted by Gasteiger charge is -2.17. The number of methoxy groups -OCH3 is 1. The van der Waals surface area contributed by atoms with Gasteiger partial charge in [0.25, 0.3) is 0 Å². The van der Waals surface area contributed by atoms with E-state index in [1.165, 1.54) is 7.11 Å². The predicted octanol–water partition coefficient (Wildman–Crippen LogP) is 3.36. The minimum Gasteiger partial charge on any atom is -0.493 e. The van der Waals surface area contributed by atoms with E-state index < -0.39 is 0 Å². The van der Waals surface area contributed by atoms with Crippen LogP contribution in [0.4, 0.5) is 11.5 Å². The van der Waals surface area contributed by atoms with Gasteiger partial charge in [0.05, 0.1) is 31.2 Å². The van der Waals surface area contributed by atoms with Gasteiger partial charge in [0.15, 0.2) is 0 Å². The number of esters is 1. The van der Waals surface area contributed by atoms with Crippen molar-refractivity contribution in [3.63, 3.8) is 0 Å². The molecular formula is C19H25N3O3. The summed E-state index contributed by atoms with van der Waals surface area (Å²) in [6.07, 6.45) is 3.60. The average molecular weight is 343 g/mol. The molecular weight excluding hydrogens is 318 g/mol. The molecule has 2 rings (SSSR count). The molecule has 1 unspecified atom stereocenters. The maximum Gasteiger partial charge on any atom is 0.337 e. The molecule has 0 saturated heterocycles. The molecule has 1 aromatic carbocycles. The van der Waals surface area contributed by atoms with Crippen molar-refractivity contribution in [2.45, 2.75) is 19.8 Å². The molecule has 3 N–H and O–H groups in total. The van der Waals surface area contributed by atoms with E-state index in [-0.39, 0.29) is 5.97 Å². The van der Waals surface area contributed by atoms with Crippen molar-refractivity contribution >= 4 is 17.5 Å². The molecule has 1 aromatic heterocycles. The molecule has 0 saturated carbocycles. The zero-order valence-corrected chi connectivity index (χ0v) is 14.7. The first kappa shape index (κ1) is 18.6. The molecule has 0 radical (unpaired) electrons. The van der Waals surface area contributed by atoms with Crippen molar-refractivity contribution in [2.75, 3.05) is 31.3 Å². The Morgan fingerprint density at radius 3 is 2.84 bits per heavy atom. The highest BCUT2D eigenvalue weighted by Crippen LogP contribution is 2.17. The molecule has 6 nitrogen and oxygen atoms in total. The third kappa shape index (κ3) is 5.99. The zero-order chi connectivity index (χ0) is 18.1. The number of rotatable bonds is 9. The topological polar surface area (TPSA) is 86.5 Å². The monoisotopic (exact) mass is 343 g/mol. The minimum absolute atomic E-state index is 0.363. The Morgan fingerprint density at radius 2 is 2.16 bits per heavy atom. The Bertz CT molecular complexity index is 674. The van der Waals surface area contributed by atoms with E-state index in [4.69, 9.17) is 15.2 Å². The molecule has 6 heteroatoms. The van der Waals surface area contributed by atoms with Crippen LogP contribution in [-0.2, 0) is 4.74 Å². The summed E-state index contributed by atoms with van der Waals surface area (Å²) < 4.78 is 10.6.